The van der Waals surface area contributed by atoms with E-state index in [4.69, 9.17) is 4.74 Å². The molecule has 1 aliphatic carbocycles. The number of nitrogens with zero attached hydrogens (tertiary/aromatic N) is 3. The molecule has 1 unspecified atom stereocenters. The Morgan fingerprint density at radius 1 is 1.17 bits per heavy atom. The Balaban J connectivity index is 1.56. The van der Waals surface area contributed by atoms with E-state index < -0.39 is 38.6 Å². The van der Waals surface area contributed by atoms with Crippen LogP contribution in [-0.4, -0.2) is 53.8 Å². The predicted octanol–water partition coefficient (Wildman–Crippen LogP) is 3.61. The molecule has 2 atom stereocenters. The molecule has 1 saturated heterocycles. The van der Waals surface area contributed by atoms with Gasteiger partial charge in [0.05, 0.1) is 30.8 Å². The molecule has 2 aliphatic rings. The number of fused-ring (bicyclic) bond motifs is 1. The number of benzene rings is 2. The minimum absolute atomic E-state index is 0.0226. The van der Waals surface area contributed by atoms with Gasteiger partial charge in [0, 0.05) is 24.5 Å². The average Bonchev–Trinajstić information content (AvgIpc) is 3.34. The number of sulfonamides is 1. The van der Waals surface area contributed by atoms with Crippen molar-refractivity contribution in [1.29, 1.82) is 0 Å². The van der Waals surface area contributed by atoms with E-state index in [1.807, 2.05) is 0 Å². The van der Waals surface area contributed by atoms with Gasteiger partial charge in [0.2, 0.25) is 10.0 Å². The molecule has 3 aromatic rings. The Bertz CT molecular complexity index is 1400. The summed E-state index contributed by atoms with van der Waals surface area (Å²) in [4.78, 5) is 11.0. The number of hydrogen-bond acceptors (Lipinski definition) is 5. The molecule has 8 nitrogen and oxygen atoms in total. The first-order valence-electron chi connectivity index (χ1n) is 11.4. The van der Waals surface area contributed by atoms with Crippen LogP contribution in [0.2, 0.25) is 0 Å². The molecule has 2 heterocycles. The Kier molecular flexibility index (Phi) is 6.00. The highest BCUT2D eigenvalue weighted by Crippen LogP contribution is 2.45. The van der Waals surface area contributed by atoms with Gasteiger partial charge in [0.1, 0.15) is 22.3 Å². The van der Waals surface area contributed by atoms with Crippen LogP contribution in [0.5, 0.6) is 5.75 Å². The van der Waals surface area contributed by atoms with Crippen LogP contribution in [0, 0.1) is 23.5 Å². The van der Waals surface area contributed by atoms with Crippen molar-refractivity contribution in [3.8, 4) is 5.75 Å². The van der Waals surface area contributed by atoms with Gasteiger partial charge in [-0.2, -0.15) is 9.40 Å². The van der Waals surface area contributed by atoms with E-state index in [0.717, 1.165) is 25.3 Å². The molecule has 2 fully saturated rings. The molecule has 1 N–H and O–H groups in total. The van der Waals surface area contributed by atoms with Gasteiger partial charge in [-0.25, -0.2) is 17.2 Å². The zero-order valence-corrected chi connectivity index (χ0v) is 19.8. The van der Waals surface area contributed by atoms with Crippen LogP contribution >= 0.6 is 0 Å². The molecule has 5 rings (SSSR count). The number of ether oxygens (including phenoxy) is 1. The van der Waals surface area contributed by atoms with Crippen molar-refractivity contribution in [1.82, 2.24) is 14.1 Å². The highest BCUT2D eigenvalue weighted by atomic mass is 32.2. The number of carbonyl (C=O) groups is 1. The normalized spacial score (nSPS) is 21.3. The van der Waals surface area contributed by atoms with E-state index in [0.29, 0.717) is 16.6 Å². The van der Waals surface area contributed by atoms with E-state index in [1.165, 1.54) is 41.7 Å². The first kappa shape index (κ1) is 23.7. The number of rotatable bonds is 7. The second kappa shape index (κ2) is 8.87. The van der Waals surface area contributed by atoms with Crippen LogP contribution in [0.3, 0.4) is 0 Å². The lowest BCUT2D eigenvalue weighted by atomic mass is 9.74. The monoisotopic (exact) mass is 505 g/mol. The second-order valence-electron chi connectivity index (χ2n) is 9.16. The second-order valence-corrected chi connectivity index (χ2v) is 11.1. The first-order chi connectivity index (χ1) is 16.7. The molecule has 0 radical (unpaired) electrons. The lowest BCUT2D eigenvalue weighted by Gasteiger charge is -2.34. The number of halogens is 2. The molecule has 186 valence electrons. The molecule has 0 amide bonds. The maximum atomic E-state index is 14.7. The summed E-state index contributed by atoms with van der Waals surface area (Å²) in [7, 11) is -2.80. The van der Waals surface area contributed by atoms with E-state index in [1.54, 1.807) is 4.68 Å². The maximum Gasteiger partial charge on any atom is 0.309 e. The van der Waals surface area contributed by atoms with Crippen molar-refractivity contribution in [2.24, 2.45) is 11.8 Å². The number of aromatic nitrogens is 2. The molecule has 2 aromatic carbocycles. The molecule has 0 spiro atoms. The number of carboxylic acid groups (broad SMARTS) is 1. The zero-order chi connectivity index (χ0) is 24.9. The summed E-state index contributed by atoms with van der Waals surface area (Å²) in [5.41, 5.74) is 0.716. The zero-order valence-electron chi connectivity index (χ0n) is 19.0. The first-order valence-corrected chi connectivity index (χ1v) is 12.8. The lowest BCUT2D eigenvalue weighted by Crippen LogP contribution is -2.32. The Morgan fingerprint density at radius 3 is 2.57 bits per heavy atom. The molecule has 35 heavy (non-hydrogen) atoms. The standard InChI is InChI=1S/C24H25F2N3O5S/c1-34-16-6-8-23(19(26)10-16)35(32,33)28-12-18(14-3-2-4-14)22(13-28)29-21-9-15(25)5-7-17(21)20(27-29)11-24(30)31/h5-10,14,18,22H,2-4,11-13H2,1H3,(H,30,31)/t18?,22-/m0/s1. The van der Waals surface area contributed by atoms with Crippen molar-refractivity contribution in [2.45, 2.75) is 36.6 Å². The summed E-state index contributed by atoms with van der Waals surface area (Å²) in [5, 5.41) is 14.4. The Morgan fingerprint density at radius 2 is 1.94 bits per heavy atom. The van der Waals surface area contributed by atoms with E-state index in [2.05, 4.69) is 5.10 Å². The van der Waals surface area contributed by atoms with Gasteiger partial charge in [0.25, 0.3) is 0 Å². The summed E-state index contributed by atoms with van der Waals surface area (Å²) in [6.07, 6.45) is 2.56. The fourth-order valence-electron chi connectivity index (χ4n) is 5.22. The maximum absolute atomic E-state index is 14.7. The van der Waals surface area contributed by atoms with Gasteiger partial charge >= 0.3 is 5.97 Å². The highest BCUT2D eigenvalue weighted by molar-refractivity contribution is 7.89. The molecule has 0 bridgehead atoms. The van der Waals surface area contributed by atoms with E-state index >= 15 is 0 Å². The SMILES string of the molecule is COc1ccc(S(=O)(=O)N2CC(C3CCC3)[C@@H](n3nc(CC(=O)O)c4ccc(F)cc43)C2)c(F)c1. The van der Waals surface area contributed by atoms with E-state index in [9.17, 15) is 27.1 Å². The molecular weight excluding hydrogens is 480 g/mol. The third-order valence-corrected chi connectivity index (χ3v) is 9.06. The third kappa shape index (κ3) is 4.16. The fraction of sp³-hybridized carbons (Fsp3) is 0.417. The predicted molar refractivity (Wildman–Crippen MR) is 123 cm³/mol. The molecule has 1 aliphatic heterocycles. The van der Waals surface area contributed by atoms with Crippen LogP contribution in [-0.2, 0) is 21.2 Å². The summed E-state index contributed by atoms with van der Waals surface area (Å²) < 4.78 is 63.6. The van der Waals surface area contributed by atoms with Gasteiger partial charge in [-0.1, -0.05) is 19.3 Å². The molecule has 11 heteroatoms. The number of hydrogen-bond donors (Lipinski definition) is 1. The average molecular weight is 506 g/mol. The highest BCUT2D eigenvalue weighted by Gasteiger charge is 2.46. The Labute approximate surface area is 201 Å². The summed E-state index contributed by atoms with van der Waals surface area (Å²) in [5.74, 6) is -2.13. The largest absolute Gasteiger partial charge is 0.497 e. The van der Waals surface area contributed by atoms with Crippen LogP contribution in [0.1, 0.15) is 31.0 Å². The number of carboxylic acids is 1. The summed E-state index contributed by atoms with van der Waals surface area (Å²) >= 11 is 0. The smallest absolute Gasteiger partial charge is 0.309 e. The summed E-state index contributed by atoms with van der Waals surface area (Å²) in [6.45, 7) is 0.197. The molecular formula is C24H25F2N3O5S. The van der Waals surface area contributed by atoms with Crippen LogP contribution in [0.25, 0.3) is 10.9 Å². The number of aliphatic carboxylic acids is 1. The number of methoxy groups -OCH3 is 1. The molecule has 1 aromatic heterocycles. The lowest BCUT2D eigenvalue weighted by molar-refractivity contribution is -0.136. The fourth-order valence-corrected chi connectivity index (χ4v) is 6.76. The van der Waals surface area contributed by atoms with Crippen molar-refractivity contribution in [3.05, 3.63) is 53.7 Å². The van der Waals surface area contributed by atoms with Crippen molar-refractivity contribution >= 4 is 26.9 Å². The van der Waals surface area contributed by atoms with Crippen molar-refractivity contribution < 1.29 is 31.8 Å². The van der Waals surface area contributed by atoms with Gasteiger partial charge in [0.15, 0.2) is 0 Å². The van der Waals surface area contributed by atoms with Crippen LogP contribution in [0.15, 0.2) is 41.3 Å². The topological polar surface area (TPSA) is 102 Å². The minimum atomic E-state index is -4.17. The van der Waals surface area contributed by atoms with Gasteiger partial charge in [-0.15, -0.1) is 0 Å². The van der Waals surface area contributed by atoms with Gasteiger partial charge in [-0.3, -0.25) is 9.48 Å². The van der Waals surface area contributed by atoms with Crippen LogP contribution < -0.4 is 4.74 Å². The van der Waals surface area contributed by atoms with Crippen LogP contribution in [0.4, 0.5) is 8.78 Å². The van der Waals surface area contributed by atoms with Crippen molar-refractivity contribution in [3.63, 3.8) is 0 Å². The minimum Gasteiger partial charge on any atom is -0.497 e. The van der Waals surface area contributed by atoms with Gasteiger partial charge < -0.3 is 9.84 Å². The molecule has 1 saturated carbocycles. The van der Waals surface area contributed by atoms with E-state index in [-0.39, 0.29) is 37.1 Å². The quantitative estimate of drug-likeness (QED) is 0.527. The summed E-state index contributed by atoms with van der Waals surface area (Å²) in [6, 6.07) is 7.23. The van der Waals surface area contributed by atoms with Crippen molar-refractivity contribution in [2.75, 3.05) is 20.2 Å². The van der Waals surface area contributed by atoms with Gasteiger partial charge in [-0.05, 0) is 42.2 Å². The Hall–Kier alpha value is -3.05. The third-order valence-electron chi connectivity index (χ3n) is 7.19.